The van der Waals surface area contributed by atoms with E-state index in [-0.39, 0.29) is 18.4 Å². The highest BCUT2D eigenvalue weighted by molar-refractivity contribution is 5.70. The van der Waals surface area contributed by atoms with Gasteiger partial charge in [0.2, 0.25) is 0 Å². The van der Waals surface area contributed by atoms with E-state index >= 15 is 0 Å². The number of hydrogen-bond acceptors (Lipinski definition) is 3. The Morgan fingerprint density at radius 3 is 2.13 bits per heavy atom. The first kappa shape index (κ1) is 14.4. The van der Waals surface area contributed by atoms with Crippen molar-refractivity contribution >= 4 is 5.97 Å². The maximum Gasteiger partial charge on any atom is 0.308 e. The third-order valence-corrected chi connectivity index (χ3v) is 1.63. The predicted octanol–water partition coefficient (Wildman–Crippen LogP) is 0.752. The Balaban J connectivity index is 3.98. The van der Waals surface area contributed by atoms with Gasteiger partial charge in [0.05, 0.1) is 40.2 Å². The first-order valence-corrected chi connectivity index (χ1v) is 5.27. The number of nitrogens with zero attached hydrogens (tertiary/aromatic N) is 1. The van der Waals surface area contributed by atoms with Crippen LogP contribution in [0.4, 0.5) is 0 Å². The molecule has 0 aliphatic rings. The Kier molecular flexibility index (Phi) is 4.74. The summed E-state index contributed by atoms with van der Waals surface area (Å²) in [6.07, 6.45) is 0.285. The molecule has 0 amide bonds. The summed E-state index contributed by atoms with van der Waals surface area (Å²) in [7, 11) is 6.15. The van der Waals surface area contributed by atoms with E-state index in [4.69, 9.17) is 10.5 Å². The molecule has 4 nitrogen and oxygen atoms in total. The van der Waals surface area contributed by atoms with Crippen molar-refractivity contribution in [2.24, 2.45) is 5.73 Å². The van der Waals surface area contributed by atoms with Gasteiger partial charge in [0, 0.05) is 0 Å². The lowest BCUT2D eigenvalue weighted by molar-refractivity contribution is -0.871. The van der Waals surface area contributed by atoms with Gasteiger partial charge >= 0.3 is 5.97 Å². The molecular formula is C11H25N2O2+. The first-order chi connectivity index (χ1) is 6.49. The second-order valence-corrected chi connectivity index (χ2v) is 6.02. The van der Waals surface area contributed by atoms with Gasteiger partial charge in [0.25, 0.3) is 0 Å². The lowest BCUT2D eigenvalue weighted by atomic mass is 10.1. The standard InChI is InChI=1S/C11H25N2O2/c1-11(2,3)15-10(14)7-9(12)8-13(4,5)6/h9H,7-8,12H2,1-6H3/q+1/t9-/m1/s1. The van der Waals surface area contributed by atoms with Gasteiger partial charge in [-0.2, -0.15) is 0 Å². The molecule has 0 radical (unpaired) electrons. The molecule has 0 bridgehead atoms. The smallest absolute Gasteiger partial charge is 0.308 e. The number of esters is 1. The number of hydrogen-bond donors (Lipinski definition) is 1. The van der Waals surface area contributed by atoms with Crippen molar-refractivity contribution in [1.29, 1.82) is 0 Å². The monoisotopic (exact) mass is 217 g/mol. The highest BCUT2D eigenvalue weighted by atomic mass is 16.6. The fourth-order valence-electron chi connectivity index (χ4n) is 1.37. The largest absolute Gasteiger partial charge is 0.460 e. The summed E-state index contributed by atoms with van der Waals surface area (Å²) in [5.41, 5.74) is 5.44. The number of carbonyl (C=O) groups is 1. The summed E-state index contributed by atoms with van der Waals surface area (Å²) in [4.78, 5) is 11.4. The highest BCUT2D eigenvalue weighted by Crippen LogP contribution is 2.09. The van der Waals surface area contributed by atoms with E-state index in [0.29, 0.717) is 0 Å². The van der Waals surface area contributed by atoms with Crippen LogP contribution in [0.3, 0.4) is 0 Å². The molecule has 1 atom stereocenters. The Morgan fingerprint density at radius 2 is 1.80 bits per heavy atom. The van der Waals surface area contributed by atoms with Gasteiger partial charge in [-0.3, -0.25) is 4.79 Å². The van der Waals surface area contributed by atoms with Gasteiger partial charge in [0.1, 0.15) is 5.60 Å². The van der Waals surface area contributed by atoms with Crippen molar-refractivity contribution in [1.82, 2.24) is 0 Å². The van der Waals surface area contributed by atoms with Crippen molar-refractivity contribution < 1.29 is 14.0 Å². The van der Waals surface area contributed by atoms with Crippen LogP contribution in [-0.2, 0) is 9.53 Å². The fourth-order valence-corrected chi connectivity index (χ4v) is 1.37. The lowest BCUT2D eigenvalue weighted by Crippen LogP contribution is -2.46. The Labute approximate surface area is 93.0 Å². The molecule has 0 unspecified atom stereocenters. The van der Waals surface area contributed by atoms with Crippen LogP contribution in [0.1, 0.15) is 27.2 Å². The quantitative estimate of drug-likeness (QED) is 0.558. The molecule has 0 spiro atoms. The average molecular weight is 217 g/mol. The predicted molar refractivity (Wildman–Crippen MR) is 61.3 cm³/mol. The Hall–Kier alpha value is -0.610. The second kappa shape index (κ2) is 4.94. The molecule has 0 aromatic carbocycles. The number of ether oxygens (including phenoxy) is 1. The Bertz CT molecular complexity index is 214. The molecule has 90 valence electrons. The summed E-state index contributed by atoms with van der Waals surface area (Å²) in [5, 5.41) is 0. The van der Waals surface area contributed by atoms with Crippen molar-refractivity contribution in [3.63, 3.8) is 0 Å². The molecule has 0 heterocycles. The lowest BCUT2D eigenvalue weighted by Gasteiger charge is -2.27. The number of quaternary nitrogens is 1. The summed E-state index contributed by atoms with van der Waals surface area (Å²) in [5.74, 6) is -0.219. The van der Waals surface area contributed by atoms with Crippen molar-refractivity contribution in [2.45, 2.75) is 38.8 Å². The molecule has 0 aromatic heterocycles. The van der Waals surface area contributed by atoms with Gasteiger partial charge in [0.15, 0.2) is 0 Å². The fraction of sp³-hybridized carbons (Fsp3) is 0.909. The van der Waals surface area contributed by atoms with Crippen molar-refractivity contribution in [3.05, 3.63) is 0 Å². The zero-order valence-electron chi connectivity index (χ0n) is 10.8. The number of nitrogens with two attached hydrogens (primary N) is 1. The van der Waals surface area contributed by atoms with Gasteiger partial charge in [-0.15, -0.1) is 0 Å². The molecule has 0 fully saturated rings. The van der Waals surface area contributed by atoms with Crippen LogP contribution in [0.2, 0.25) is 0 Å². The van der Waals surface area contributed by atoms with Crippen LogP contribution in [0, 0.1) is 0 Å². The topological polar surface area (TPSA) is 52.3 Å². The third kappa shape index (κ3) is 9.69. The second-order valence-electron chi connectivity index (χ2n) is 6.02. The molecule has 0 aliphatic carbocycles. The van der Waals surface area contributed by atoms with E-state index in [9.17, 15) is 4.79 Å². The van der Waals surface area contributed by atoms with E-state index < -0.39 is 5.60 Å². The average Bonchev–Trinajstić information content (AvgIpc) is 1.73. The molecule has 0 aliphatic heterocycles. The molecule has 4 heteroatoms. The summed E-state index contributed by atoms with van der Waals surface area (Å²) >= 11 is 0. The van der Waals surface area contributed by atoms with Crippen LogP contribution >= 0.6 is 0 Å². The molecule has 0 saturated carbocycles. The van der Waals surface area contributed by atoms with E-state index in [1.807, 2.05) is 20.8 Å². The van der Waals surface area contributed by atoms with Crippen molar-refractivity contribution in [3.8, 4) is 0 Å². The van der Waals surface area contributed by atoms with E-state index in [0.717, 1.165) is 11.0 Å². The van der Waals surface area contributed by atoms with E-state index in [1.165, 1.54) is 0 Å². The van der Waals surface area contributed by atoms with E-state index in [2.05, 4.69) is 21.1 Å². The number of carbonyl (C=O) groups excluding carboxylic acids is 1. The van der Waals surface area contributed by atoms with Gasteiger partial charge in [-0.05, 0) is 20.8 Å². The van der Waals surface area contributed by atoms with Crippen LogP contribution in [0.25, 0.3) is 0 Å². The molecule has 0 aromatic rings. The number of rotatable bonds is 4. The number of likely N-dealkylation sites (N-methyl/N-ethyl adjacent to an activating group) is 1. The minimum Gasteiger partial charge on any atom is -0.460 e. The minimum absolute atomic E-state index is 0.139. The molecule has 0 rings (SSSR count). The third-order valence-electron chi connectivity index (χ3n) is 1.63. The van der Waals surface area contributed by atoms with Gasteiger partial charge in [-0.1, -0.05) is 0 Å². The van der Waals surface area contributed by atoms with Crippen molar-refractivity contribution in [2.75, 3.05) is 27.7 Å². The molecule has 2 N–H and O–H groups in total. The van der Waals surface area contributed by atoms with Gasteiger partial charge in [-0.25, -0.2) is 0 Å². The SMILES string of the molecule is CC(C)(C)OC(=O)C[C@@H](N)C[N+](C)(C)C. The summed E-state index contributed by atoms with van der Waals surface area (Å²) in [6, 6.07) is -0.139. The zero-order valence-corrected chi connectivity index (χ0v) is 10.8. The zero-order chi connectivity index (χ0) is 12.3. The minimum atomic E-state index is -0.423. The molecular weight excluding hydrogens is 192 g/mol. The molecule has 15 heavy (non-hydrogen) atoms. The first-order valence-electron chi connectivity index (χ1n) is 5.27. The van der Waals surface area contributed by atoms with Crippen LogP contribution in [-0.4, -0.2) is 49.8 Å². The normalized spacial score (nSPS) is 14.9. The highest BCUT2D eigenvalue weighted by Gasteiger charge is 2.21. The van der Waals surface area contributed by atoms with Crippen LogP contribution in [0.5, 0.6) is 0 Å². The van der Waals surface area contributed by atoms with Gasteiger partial charge < -0.3 is 15.0 Å². The van der Waals surface area contributed by atoms with E-state index in [1.54, 1.807) is 0 Å². The maximum absolute atomic E-state index is 11.4. The Morgan fingerprint density at radius 1 is 1.33 bits per heavy atom. The van der Waals surface area contributed by atoms with Crippen LogP contribution in [0.15, 0.2) is 0 Å². The maximum atomic E-state index is 11.4. The summed E-state index contributed by atoms with van der Waals surface area (Å²) < 4.78 is 5.95. The van der Waals surface area contributed by atoms with Crippen LogP contribution < -0.4 is 5.73 Å². The molecule has 0 saturated heterocycles. The summed E-state index contributed by atoms with van der Waals surface area (Å²) in [6.45, 7) is 6.34.